The number of ether oxygens (including phenoxy) is 2. The molecule has 126 valence electrons. The zero-order chi connectivity index (χ0) is 17.6. The van der Waals surface area contributed by atoms with Crippen LogP contribution in [0, 0.1) is 0 Å². The Morgan fingerprint density at radius 1 is 0.958 bits per heavy atom. The maximum Gasteiger partial charge on any atom is 0.336 e. The fourth-order valence-corrected chi connectivity index (χ4v) is 2.18. The van der Waals surface area contributed by atoms with Crippen molar-refractivity contribution >= 4 is 12.0 Å². The van der Waals surface area contributed by atoms with Gasteiger partial charge in [-0.25, -0.2) is 4.79 Å². The second kappa shape index (κ2) is 7.82. The Balaban J connectivity index is 1.95. The van der Waals surface area contributed by atoms with Gasteiger partial charge in [0.2, 0.25) is 0 Å². The number of hydrogen-bond acceptors (Lipinski definition) is 3. The molecule has 2 aromatic carbocycles. The Morgan fingerprint density at radius 2 is 1.54 bits per heavy atom. The predicted octanol–water partition coefficient (Wildman–Crippen LogP) is 5.00. The van der Waals surface area contributed by atoms with Crippen molar-refractivity contribution in [2.45, 2.75) is 33.1 Å². The SMILES string of the molecule is CCOc1ccc(C=CC(=O)Oc2ccc(C(C)(C)C)cc2)cc1. The monoisotopic (exact) mass is 324 g/mol. The van der Waals surface area contributed by atoms with Gasteiger partial charge in [0, 0.05) is 6.08 Å². The summed E-state index contributed by atoms with van der Waals surface area (Å²) in [4.78, 5) is 11.9. The summed E-state index contributed by atoms with van der Waals surface area (Å²) in [5.41, 5.74) is 2.20. The Labute approximate surface area is 143 Å². The highest BCUT2D eigenvalue weighted by atomic mass is 16.5. The molecule has 0 saturated heterocycles. The minimum absolute atomic E-state index is 0.0795. The van der Waals surface area contributed by atoms with Crippen LogP contribution in [0.5, 0.6) is 11.5 Å². The standard InChI is InChI=1S/C21H24O3/c1-5-23-18-11-6-16(7-12-18)8-15-20(22)24-19-13-9-17(10-14-19)21(2,3)4/h6-15H,5H2,1-4H3. The number of esters is 1. The maximum atomic E-state index is 11.9. The van der Waals surface area contributed by atoms with Crippen molar-refractivity contribution in [2.24, 2.45) is 0 Å². The lowest BCUT2D eigenvalue weighted by molar-refractivity contribution is -0.128. The molecule has 2 aromatic rings. The largest absolute Gasteiger partial charge is 0.494 e. The van der Waals surface area contributed by atoms with Crippen LogP contribution in [0.25, 0.3) is 6.08 Å². The first-order valence-electron chi connectivity index (χ1n) is 8.12. The Kier molecular flexibility index (Phi) is 5.80. The molecule has 0 aliphatic rings. The molecular weight excluding hydrogens is 300 g/mol. The van der Waals surface area contributed by atoms with E-state index in [0.29, 0.717) is 12.4 Å². The number of benzene rings is 2. The summed E-state index contributed by atoms with van der Waals surface area (Å²) in [6.07, 6.45) is 3.15. The lowest BCUT2D eigenvalue weighted by Gasteiger charge is -2.18. The Morgan fingerprint density at radius 3 is 2.08 bits per heavy atom. The van der Waals surface area contributed by atoms with Crippen LogP contribution in [0.4, 0.5) is 0 Å². The van der Waals surface area contributed by atoms with Crippen molar-refractivity contribution < 1.29 is 14.3 Å². The summed E-state index contributed by atoms with van der Waals surface area (Å²) in [6.45, 7) is 9.02. The molecule has 3 nitrogen and oxygen atoms in total. The highest BCUT2D eigenvalue weighted by molar-refractivity contribution is 5.88. The predicted molar refractivity (Wildman–Crippen MR) is 97.4 cm³/mol. The fourth-order valence-electron chi connectivity index (χ4n) is 2.18. The first kappa shape index (κ1) is 17.8. The third-order valence-electron chi connectivity index (χ3n) is 3.54. The van der Waals surface area contributed by atoms with Crippen molar-refractivity contribution in [3.8, 4) is 11.5 Å². The highest BCUT2D eigenvalue weighted by Crippen LogP contribution is 2.24. The van der Waals surface area contributed by atoms with Gasteiger partial charge in [-0.1, -0.05) is 45.0 Å². The van der Waals surface area contributed by atoms with Gasteiger partial charge in [-0.3, -0.25) is 0 Å². The van der Waals surface area contributed by atoms with Crippen LogP contribution in [-0.4, -0.2) is 12.6 Å². The van der Waals surface area contributed by atoms with Gasteiger partial charge in [-0.05, 0) is 53.8 Å². The molecule has 0 bridgehead atoms. The average Bonchev–Trinajstić information content (AvgIpc) is 2.54. The zero-order valence-corrected chi connectivity index (χ0v) is 14.7. The van der Waals surface area contributed by atoms with Crippen molar-refractivity contribution in [2.75, 3.05) is 6.61 Å². The Bertz CT molecular complexity index is 689. The summed E-state index contributed by atoms with van der Waals surface area (Å²) in [6, 6.07) is 15.2. The number of hydrogen-bond donors (Lipinski definition) is 0. The van der Waals surface area contributed by atoms with Gasteiger partial charge in [0.25, 0.3) is 0 Å². The van der Waals surface area contributed by atoms with Crippen LogP contribution >= 0.6 is 0 Å². The van der Waals surface area contributed by atoms with Crippen molar-refractivity contribution in [1.29, 1.82) is 0 Å². The molecular formula is C21H24O3. The Hall–Kier alpha value is -2.55. The molecule has 2 rings (SSSR count). The lowest BCUT2D eigenvalue weighted by Crippen LogP contribution is -2.11. The van der Waals surface area contributed by atoms with Gasteiger partial charge < -0.3 is 9.47 Å². The third-order valence-corrected chi connectivity index (χ3v) is 3.54. The van der Waals surface area contributed by atoms with Gasteiger partial charge in [0.15, 0.2) is 0 Å². The molecule has 0 atom stereocenters. The van der Waals surface area contributed by atoms with E-state index in [-0.39, 0.29) is 5.41 Å². The molecule has 0 aliphatic heterocycles. The second-order valence-corrected chi connectivity index (χ2v) is 6.53. The van der Waals surface area contributed by atoms with Gasteiger partial charge in [0.05, 0.1) is 6.61 Å². The number of rotatable bonds is 5. The van der Waals surface area contributed by atoms with Gasteiger partial charge in [0.1, 0.15) is 11.5 Å². The highest BCUT2D eigenvalue weighted by Gasteiger charge is 2.13. The van der Waals surface area contributed by atoms with E-state index in [2.05, 4.69) is 20.8 Å². The van der Waals surface area contributed by atoms with Gasteiger partial charge >= 0.3 is 5.97 Å². The molecule has 0 aliphatic carbocycles. The van der Waals surface area contributed by atoms with E-state index in [4.69, 9.17) is 9.47 Å². The van der Waals surface area contributed by atoms with E-state index in [9.17, 15) is 4.79 Å². The van der Waals surface area contributed by atoms with Gasteiger partial charge in [-0.15, -0.1) is 0 Å². The average molecular weight is 324 g/mol. The summed E-state index contributed by atoms with van der Waals surface area (Å²) in [5, 5.41) is 0. The molecule has 0 amide bonds. The van der Waals surface area contributed by atoms with Crippen molar-refractivity contribution in [3.63, 3.8) is 0 Å². The zero-order valence-electron chi connectivity index (χ0n) is 14.7. The maximum absolute atomic E-state index is 11.9. The topological polar surface area (TPSA) is 35.5 Å². The van der Waals surface area contributed by atoms with Crippen LogP contribution in [-0.2, 0) is 10.2 Å². The number of carbonyl (C=O) groups excluding carboxylic acids is 1. The van der Waals surface area contributed by atoms with Crippen LogP contribution in [0.15, 0.2) is 54.6 Å². The summed E-state index contributed by atoms with van der Waals surface area (Å²) in [5.74, 6) is 0.966. The smallest absolute Gasteiger partial charge is 0.336 e. The molecule has 0 unspecified atom stereocenters. The fraction of sp³-hybridized carbons (Fsp3) is 0.286. The molecule has 0 radical (unpaired) electrons. The van der Waals surface area contributed by atoms with E-state index in [1.54, 1.807) is 6.08 Å². The molecule has 0 fully saturated rings. The van der Waals surface area contributed by atoms with E-state index in [1.165, 1.54) is 11.6 Å². The van der Waals surface area contributed by atoms with Crippen LogP contribution in [0.2, 0.25) is 0 Å². The van der Waals surface area contributed by atoms with Crippen LogP contribution < -0.4 is 9.47 Å². The molecule has 0 aromatic heterocycles. The molecule has 24 heavy (non-hydrogen) atoms. The minimum Gasteiger partial charge on any atom is -0.494 e. The summed E-state index contributed by atoms with van der Waals surface area (Å²) < 4.78 is 10.7. The summed E-state index contributed by atoms with van der Waals surface area (Å²) >= 11 is 0. The van der Waals surface area contributed by atoms with E-state index in [0.717, 1.165) is 11.3 Å². The second-order valence-electron chi connectivity index (χ2n) is 6.53. The first-order valence-corrected chi connectivity index (χ1v) is 8.12. The first-order chi connectivity index (χ1) is 11.4. The molecule has 0 spiro atoms. The van der Waals surface area contributed by atoms with E-state index < -0.39 is 5.97 Å². The normalized spacial score (nSPS) is 11.5. The summed E-state index contributed by atoms with van der Waals surface area (Å²) in [7, 11) is 0. The molecule has 3 heteroatoms. The van der Waals surface area contributed by atoms with Crippen molar-refractivity contribution in [3.05, 3.63) is 65.7 Å². The third kappa shape index (κ3) is 5.27. The molecule has 0 heterocycles. The molecule has 0 N–H and O–H groups in total. The van der Waals surface area contributed by atoms with Crippen LogP contribution in [0.3, 0.4) is 0 Å². The molecule has 0 saturated carbocycles. The quantitative estimate of drug-likeness (QED) is 0.441. The number of carbonyl (C=O) groups is 1. The van der Waals surface area contributed by atoms with E-state index >= 15 is 0 Å². The van der Waals surface area contributed by atoms with E-state index in [1.807, 2.05) is 55.5 Å². The minimum atomic E-state index is -0.396. The van der Waals surface area contributed by atoms with Crippen molar-refractivity contribution in [1.82, 2.24) is 0 Å². The van der Waals surface area contributed by atoms with Gasteiger partial charge in [-0.2, -0.15) is 0 Å². The lowest BCUT2D eigenvalue weighted by atomic mass is 9.87. The van der Waals surface area contributed by atoms with Crippen LogP contribution in [0.1, 0.15) is 38.8 Å².